The van der Waals surface area contributed by atoms with Crippen LogP contribution in [0.15, 0.2) is 0 Å². The Morgan fingerprint density at radius 2 is 1.89 bits per heavy atom. The number of urea groups is 1. The fourth-order valence-electron chi connectivity index (χ4n) is 1.90. The van der Waals surface area contributed by atoms with Crippen molar-refractivity contribution in [2.75, 3.05) is 33.7 Å². The van der Waals surface area contributed by atoms with Crippen molar-refractivity contribution in [3.63, 3.8) is 0 Å². The molecule has 1 saturated carbocycles. The average molecular weight is 271 g/mol. The van der Waals surface area contributed by atoms with Crippen LogP contribution in [-0.4, -0.2) is 66.7 Å². The summed E-state index contributed by atoms with van der Waals surface area (Å²) in [5.74, 6) is -0.857. The number of nitrogens with one attached hydrogen (secondary N) is 1. The summed E-state index contributed by atoms with van der Waals surface area (Å²) in [5, 5.41) is 11.6. The maximum absolute atomic E-state index is 11.9. The summed E-state index contributed by atoms with van der Waals surface area (Å²) in [6, 6.07) is 0.134. The molecule has 0 aromatic heterocycles. The highest BCUT2D eigenvalue weighted by Crippen LogP contribution is 2.26. The molecule has 1 aliphatic rings. The molecule has 0 heterocycles. The van der Waals surface area contributed by atoms with E-state index < -0.39 is 5.97 Å². The Balaban J connectivity index is 2.19. The van der Waals surface area contributed by atoms with Gasteiger partial charge in [-0.15, -0.1) is 0 Å². The predicted octanol–water partition coefficient (Wildman–Crippen LogP) is 0.977. The molecule has 6 nitrogen and oxygen atoms in total. The van der Waals surface area contributed by atoms with Gasteiger partial charge < -0.3 is 20.2 Å². The minimum atomic E-state index is -0.857. The summed E-state index contributed by atoms with van der Waals surface area (Å²) in [6.45, 7) is 1.98. The third-order valence-corrected chi connectivity index (χ3v) is 3.12. The summed E-state index contributed by atoms with van der Waals surface area (Å²) in [4.78, 5) is 26.3. The Morgan fingerprint density at radius 3 is 2.42 bits per heavy atom. The lowest BCUT2D eigenvalue weighted by atomic mass is 10.3. The Bertz CT molecular complexity index is 304. The number of rotatable bonds is 9. The van der Waals surface area contributed by atoms with Gasteiger partial charge in [0.15, 0.2) is 0 Å². The lowest BCUT2D eigenvalue weighted by Crippen LogP contribution is -2.42. The molecule has 0 unspecified atom stereocenters. The number of nitrogens with zero attached hydrogens (tertiary/aromatic N) is 2. The summed E-state index contributed by atoms with van der Waals surface area (Å²) in [7, 11) is 4.05. The minimum Gasteiger partial charge on any atom is -0.481 e. The largest absolute Gasteiger partial charge is 0.481 e. The molecule has 0 radical (unpaired) electrons. The van der Waals surface area contributed by atoms with E-state index in [1.165, 1.54) is 0 Å². The number of carboxylic acid groups (broad SMARTS) is 1. The second-order valence-electron chi connectivity index (χ2n) is 5.31. The van der Waals surface area contributed by atoms with Gasteiger partial charge in [0.1, 0.15) is 0 Å². The van der Waals surface area contributed by atoms with Gasteiger partial charge in [-0.25, -0.2) is 4.79 Å². The van der Waals surface area contributed by atoms with Crippen LogP contribution in [0.5, 0.6) is 0 Å². The Kier molecular flexibility index (Phi) is 6.62. The van der Waals surface area contributed by atoms with E-state index in [4.69, 9.17) is 5.11 Å². The summed E-state index contributed by atoms with van der Waals surface area (Å²) in [6.07, 6.45) is 4.00. The zero-order valence-electron chi connectivity index (χ0n) is 11.9. The van der Waals surface area contributed by atoms with Crippen LogP contribution in [0.4, 0.5) is 4.79 Å². The minimum absolute atomic E-state index is 0.0184. The van der Waals surface area contributed by atoms with Gasteiger partial charge >= 0.3 is 12.0 Å². The van der Waals surface area contributed by atoms with Crippen molar-refractivity contribution in [3.8, 4) is 0 Å². The average Bonchev–Trinajstić information content (AvgIpc) is 3.12. The molecule has 1 aliphatic carbocycles. The first-order chi connectivity index (χ1) is 9.00. The molecule has 0 saturated heterocycles. The first-order valence-electron chi connectivity index (χ1n) is 6.91. The van der Waals surface area contributed by atoms with E-state index >= 15 is 0 Å². The molecule has 2 amide bonds. The molecular formula is C13H25N3O3. The number of unbranched alkanes of at least 4 members (excludes halogenated alkanes) is 1. The second kappa shape index (κ2) is 7.99. The van der Waals surface area contributed by atoms with Crippen molar-refractivity contribution in [2.24, 2.45) is 0 Å². The number of hydrogen-bond donors (Lipinski definition) is 2. The van der Waals surface area contributed by atoms with Crippen molar-refractivity contribution >= 4 is 12.0 Å². The van der Waals surface area contributed by atoms with Crippen molar-refractivity contribution in [3.05, 3.63) is 0 Å². The van der Waals surface area contributed by atoms with Gasteiger partial charge in [0, 0.05) is 19.1 Å². The van der Waals surface area contributed by atoms with Crippen molar-refractivity contribution in [2.45, 2.75) is 38.1 Å². The molecular weight excluding hydrogens is 246 g/mol. The molecule has 0 spiro atoms. The van der Waals surface area contributed by atoms with Crippen molar-refractivity contribution < 1.29 is 14.7 Å². The van der Waals surface area contributed by atoms with E-state index in [2.05, 4.69) is 10.2 Å². The van der Waals surface area contributed by atoms with E-state index in [9.17, 15) is 9.59 Å². The number of amides is 2. The van der Waals surface area contributed by atoms with Crippen molar-refractivity contribution in [1.82, 2.24) is 15.1 Å². The first-order valence-corrected chi connectivity index (χ1v) is 6.91. The van der Waals surface area contributed by atoms with Crippen LogP contribution >= 0.6 is 0 Å². The standard InChI is InChI=1S/C13H25N3O3/c1-15(2)9-4-3-8-14-13(19)16(11-5-6-11)10-7-12(17)18/h11H,3-10H2,1-2H3,(H,14,19)(H,17,18). The van der Waals surface area contributed by atoms with Gasteiger partial charge in [0.25, 0.3) is 0 Å². The molecule has 0 bridgehead atoms. The zero-order valence-corrected chi connectivity index (χ0v) is 11.9. The molecule has 1 fully saturated rings. The SMILES string of the molecule is CN(C)CCCCNC(=O)N(CCC(=O)O)C1CC1. The highest BCUT2D eigenvalue weighted by molar-refractivity contribution is 5.76. The Morgan fingerprint density at radius 1 is 1.21 bits per heavy atom. The lowest BCUT2D eigenvalue weighted by molar-refractivity contribution is -0.137. The van der Waals surface area contributed by atoms with E-state index in [1.54, 1.807) is 4.90 Å². The summed E-state index contributed by atoms with van der Waals surface area (Å²) < 4.78 is 0. The van der Waals surface area contributed by atoms with Crippen LogP contribution in [0.1, 0.15) is 32.1 Å². The second-order valence-corrected chi connectivity index (χ2v) is 5.31. The highest BCUT2D eigenvalue weighted by Gasteiger charge is 2.32. The molecule has 6 heteroatoms. The van der Waals surface area contributed by atoms with Gasteiger partial charge in [0.2, 0.25) is 0 Å². The molecule has 0 atom stereocenters. The van der Waals surface area contributed by atoms with Gasteiger partial charge in [0.05, 0.1) is 6.42 Å². The molecule has 0 aromatic rings. The topological polar surface area (TPSA) is 72.9 Å². The predicted molar refractivity (Wildman–Crippen MR) is 73.2 cm³/mol. The summed E-state index contributed by atoms with van der Waals surface area (Å²) >= 11 is 0. The van der Waals surface area contributed by atoms with Crippen LogP contribution < -0.4 is 5.32 Å². The molecule has 0 aliphatic heterocycles. The monoisotopic (exact) mass is 271 g/mol. The third-order valence-electron chi connectivity index (χ3n) is 3.12. The number of aliphatic carboxylic acids is 1. The van der Waals surface area contributed by atoms with Crippen LogP contribution in [-0.2, 0) is 4.79 Å². The Labute approximate surface area is 114 Å². The molecule has 110 valence electrons. The molecule has 19 heavy (non-hydrogen) atoms. The van der Waals surface area contributed by atoms with Gasteiger partial charge in [-0.05, 0) is 46.3 Å². The summed E-state index contributed by atoms with van der Waals surface area (Å²) in [5.41, 5.74) is 0. The van der Waals surface area contributed by atoms with E-state index in [-0.39, 0.29) is 18.5 Å². The fraction of sp³-hybridized carbons (Fsp3) is 0.846. The number of carbonyl (C=O) groups excluding carboxylic acids is 1. The molecule has 2 N–H and O–H groups in total. The maximum atomic E-state index is 11.9. The van der Waals surface area contributed by atoms with E-state index in [0.717, 1.165) is 32.2 Å². The number of carboxylic acids is 1. The van der Waals surface area contributed by atoms with E-state index in [0.29, 0.717) is 13.1 Å². The van der Waals surface area contributed by atoms with Gasteiger partial charge in [-0.2, -0.15) is 0 Å². The van der Waals surface area contributed by atoms with Crippen LogP contribution in [0.25, 0.3) is 0 Å². The molecule has 1 rings (SSSR count). The number of hydrogen-bond acceptors (Lipinski definition) is 3. The first kappa shape index (κ1) is 15.8. The van der Waals surface area contributed by atoms with Crippen LogP contribution in [0.2, 0.25) is 0 Å². The van der Waals surface area contributed by atoms with Gasteiger partial charge in [-0.1, -0.05) is 0 Å². The fourth-order valence-corrected chi connectivity index (χ4v) is 1.90. The quantitative estimate of drug-likeness (QED) is 0.613. The normalized spacial score (nSPS) is 14.5. The lowest BCUT2D eigenvalue weighted by Gasteiger charge is -2.22. The Hall–Kier alpha value is -1.30. The molecule has 0 aromatic carbocycles. The third kappa shape index (κ3) is 7.00. The number of carbonyl (C=O) groups is 2. The van der Waals surface area contributed by atoms with Crippen LogP contribution in [0.3, 0.4) is 0 Å². The van der Waals surface area contributed by atoms with Crippen LogP contribution in [0, 0.1) is 0 Å². The zero-order chi connectivity index (χ0) is 14.3. The van der Waals surface area contributed by atoms with Gasteiger partial charge in [-0.3, -0.25) is 4.79 Å². The highest BCUT2D eigenvalue weighted by atomic mass is 16.4. The van der Waals surface area contributed by atoms with E-state index in [1.807, 2.05) is 14.1 Å². The maximum Gasteiger partial charge on any atom is 0.317 e. The smallest absolute Gasteiger partial charge is 0.317 e. The van der Waals surface area contributed by atoms with Crippen molar-refractivity contribution in [1.29, 1.82) is 0 Å².